The molecule has 0 aromatic rings. The van der Waals surface area contributed by atoms with E-state index in [1.54, 1.807) is 0 Å². The zero-order chi connectivity index (χ0) is 20.0. The van der Waals surface area contributed by atoms with Crippen molar-refractivity contribution in [3.8, 4) is 0 Å². The van der Waals surface area contributed by atoms with Gasteiger partial charge in [-0.2, -0.15) is 0 Å². The maximum atomic E-state index is 11.7. The van der Waals surface area contributed by atoms with E-state index < -0.39 is 18.0 Å². The van der Waals surface area contributed by atoms with Gasteiger partial charge in [-0.1, -0.05) is 39.3 Å². The summed E-state index contributed by atoms with van der Waals surface area (Å²) in [4.78, 5) is 23.2. The van der Waals surface area contributed by atoms with Gasteiger partial charge in [0.15, 0.2) is 6.10 Å². The molecule has 6 atom stereocenters. The van der Waals surface area contributed by atoms with Crippen LogP contribution in [0.5, 0.6) is 0 Å². The number of cyclic esters (lactones) is 1. The first kappa shape index (κ1) is 20.4. The summed E-state index contributed by atoms with van der Waals surface area (Å²) in [7, 11) is 0. The average Bonchev–Trinajstić information content (AvgIpc) is 3.09. The van der Waals surface area contributed by atoms with Crippen LogP contribution in [0, 0.1) is 34.5 Å². The Hall–Kier alpha value is -1.36. The van der Waals surface area contributed by atoms with Crippen molar-refractivity contribution >= 4 is 11.9 Å². The number of carbonyl (C=O) groups excluding carboxylic acids is 2. The van der Waals surface area contributed by atoms with Gasteiger partial charge in [-0.25, -0.2) is 4.79 Å². The minimum Gasteiger partial charge on any atom is -0.465 e. The van der Waals surface area contributed by atoms with Crippen LogP contribution in [0.3, 0.4) is 0 Å². The van der Waals surface area contributed by atoms with E-state index >= 15 is 0 Å². The summed E-state index contributed by atoms with van der Waals surface area (Å²) in [6, 6.07) is 0. The molecule has 1 aliphatic heterocycles. The van der Waals surface area contributed by atoms with Crippen LogP contribution in [0.4, 0.5) is 0 Å². The van der Waals surface area contributed by atoms with Gasteiger partial charge >= 0.3 is 11.9 Å². The van der Waals surface area contributed by atoms with Crippen LogP contribution in [0.1, 0.15) is 59.8 Å². The second-order valence-electron chi connectivity index (χ2n) is 9.75. The maximum absolute atomic E-state index is 11.7. The van der Waals surface area contributed by atoms with Crippen molar-refractivity contribution in [2.75, 3.05) is 13.2 Å². The third-order valence-electron chi connectivity index (χ3n) is 7.79. The summed E-state index contributed by atoms with van der Waals surface area (Å²) in [5.74, 6) is -0.659. The molecule has 5 nitrogen and oxygen atoms in total. The number of ether oxygens (including phenoxy) is 2. The number of aliphatic hydroxyl groups is 1. The second kappa shape index (κ2) is 7.23. The predicted molar refractivity (Wildman–Crippen MR) is 102 cm³/mol. The molecule has 27 heavy (non-hydrogen) atoms. The van der Waals surface area contributed by atoms with Crippen LogP contribution in [0.2, 0.25) is 0 Å². The highest BCUT2D eigenvalue weighted by molar-refractivity contribution is 5.76. The Morgan fingerprint density at radius 1 is 1.33 bits per heavy atom. The molecule has 152 valence electrons. The van der Waals surface area contributed by atoms with Gasteiger partial charge in [0.25, 0.3) is 0 Å². The quantitative estimate of drug-likeness (QED) is 0.585. The van der Waals surface area contributed by atoms with Crippen LogP contribution >= 0.6 is 0 Å². The van der Waals surface area contributed by atoms with Gasteiger partial charge in [-0.15, -0.1) is 0 Å². The molecule has 2 saturated carbocycles. The van der Waals surface area contributed by atoms with Gasteiger partial charge in [-0.3, -0.25) is 4.79 Å². The number of fused-ring (bicyclic) bond motifs is 1. The van der Waals surface area contributed by atoms with E-state index in [-0.39, 0.29) is 30.5 Å². The van der Waals surface area contributed by atoms with Crippen LogP contribution in [-0.4, -0.2) is 36.4 Å². The molecule has 3 aliphatic rings. The van der Waals surface area contributed by atoms with E-state index in [9.17, 15) is 14.7 Å². The molecule has 1 N–H and O–H groups in total. The van der Waals surface area contributed by atoms with E-state index in [0.29, 0.717) is 17.3 Å². The fourth-order valence-corrected chi connectivity index (χ4v) is 6.41. The van der Waals surface area contributed by atoms with E-state index in [0.717, 1.165) is 12.0 Å². The number of hydrogen-bond donors (Lipinski definition) is 1. The molecule has 0 radical (unpaired) electrons. The van der Waals surface area contributed by atoms with Crippen molar-refractivity contribution in [1.82, 2.24) is 0 Å². The molecular weight excluding hydrogens is 344 g/mol. The highest BCUT2D eigenvalue weighted by atomic mass is 16.6. The summed E-state index contributed by atoms with van der Waals surface area (Å²) in [6.07, 6.45) is 4.72. The highest BCUT2D eigenvalue weighted by Gasteiger charge is 2.56. The van der Waals surface area contributed by atoms with E-state index in [1.807, 2.05) is 0 Å². The van der Waals surface area contributed by atoms with Crippen molar-refractivity contribution in [1.29, 1.82) is 0 Å². The normalized spacial score (nSPS) is 38.8. The molecule has 2 aliphatic carbocycles. The molecule has 5 heteroatoms. The molecule has 1 saturated heterocycles. The average molecular weight is 379 g/mol. The zero-order valence-electron chi connectivity index (χ0n) is 17.1. The molecule has 0 unspecified atom stereocenters. The lowest BCUT2D eigenvalue weighted by Gasteiger charge is -2.50. The lowest BCUT2D eigenvalue weighted by atomic mass is 9.54. The van der Waals surface area contributed by atoms with Crippen molar-refractivity contribution < 1.29 is 24.2 Å². The van der Waals surface area contributed by atoms with Crippen molar-refractivity contribution in [3.05, 3.63) is 12.2 Å². The minimum absolute atomic E-state index is 0.146. The van der Waals surface area contributed by atoms with Gasteiger partial charge in [0, 0.05) is 18.8 Å². The van der Waals surface area contributed by atoms with Gasteiger partial charge in [0.1, 0.15) is 0 Å². The third-order valence-corrected chi connectivity index (χ3v) is 7.79. The van der Waals surface area contributed by atoms with Crippen molar-refractivity contribution in [2.45, 2.75) is 65.9 Å². The van der Waals surface area contributed by atoms with Gasteiger partial charge in [0.05, 0.1) is 13.2 Å². The molecule has 1 heterocycles. The fourth-order valence-electron chi connectivity index (χ4n) is 6.41. The Kier molecular flexibility index (Phi) is 5.46. The minimum atomic E-state index is -1.17. The lowest BCUT2D eigenvalue weighted by Crippen LogP contribution is -2.43. The molecule has 0 spiro atoms. The summed E-state index contributed by atoms with van der Waals surface area (Å²) in [5, 5.41) is 10.3. The zero-order valence-corrected chi connectivity index (χ0v) is 17.1. The number of esters is 2. The lowest BCUT2D eigenvalue weighted by molar-refractivity contribution is -0.145. The molecule has 3 rings (SSSR count). The van der Waals surface area contributed by atoms with E-state index in [4.69, 9.17) is 9.47 Å². The van der Waals surface area contributed by atoms with Crippen molar-refractivity contribution in [2.24, 2.45) is 34.5 Å². The summed E-state index contributed by atoms with van der Waals surface area (Å²) in [6.45, 7) is 13.3. The van der Waals surface area contributed by atoms with Crippen LogP contribution in [-0.2, 0) is 19.1 Å². The number of hydrogen-bond acceptors (Lipinski definition) is 5. The first-order valence-corrected chi connectivity index (χ1v) is 10.2. The highest BCUT2D eigenvalue weighted by Crippen LogP contribution is 2.64. The Labute approximate surface area is 162 Å². The Bertz CT molecular complexity index is 624. The third kappa shape index (κ3) is 3.55. The molecular formula is C22H34O5. The van der Waals surface area contributed by atoms with Crippen LogP contribution in [0.15, 0.2) is 12.2 Å². The largest absolute Gasteiger partial charge is 0.465 e. The molecule has 0 aromatic heterocycles. The number of aliphatic hydroxyl groups excluding tert-OH is 1. The monoisotopic (exact) mass is 378 g/mol. The maximum Gasteiger partial charge on any atom is 0.335 e. The molecule has 0 bridgehead atoms. The predicted octanol–water partition coefficient (Wildman–Crippen LogP) is 3.50. The fraction of sp³-hybridized carbons (Fsp3) is 0.818. The van der Waals surface area contributed by atoms with Gasteiger partial charge in [0.2, 0.25) is 0 Å². The SMILES string of the molecule is C=C([C@H]1CC[C@H]2C(C)(C)CCC[C@]12C)[C@H](COC(C)=O)[C@@H]1COC(=O)[C@H]1O. The van der Waals surface area contributed by atoms with E-state index in [1.165, 1.54) is 32.6 Å². The summed E-state index contributed by atoms with van der Waals surface area (Å²) < 4.78 is 10.4. The van der Waals surface area contributed by atoms with Gasteiger partial charge in [-0.05, 0) is 48.3 Å². The standard InChI is InChI=1S/C22H34O5/c1-13(15(11-26-14(2)23)16-12-27-20(25)19(16)24)17-7-8-18-21(3,4)9-6-10-22(17,18)5/h15-19,24H,1,6-12H2,2-5H3/t15-,16-,17+,18-,19-,22+/m0/s1. The first-order chi connectivity index (χ1) is 12.6. The van der Waals surface area contributed by atoms with Crippen molar-refractivity contribution in [3.63, 3.8) is 0 Å². The molecule has 0 aromatic carbocycles. The molecule has 3 fully saturated rings. The first-order valence-electron chi connectivity index (χ1n) is 10.2. The Balaban J connectivity index is 1.85. The number of rotatable bonds is 5. The second-order valence-corrected chi connectivity index (χ2v) is 9.75. The summed E-state index contributed by atoms with van der Waals surface area (Å²) in [5.41, 5.74) is 1.50. The topological polar surface area (TPSA) is 72.8 Å². The molecule has 0 amide bonds. The Morgan fingerprint density at radius 3 is 2.63 bits per heavy atom. The van der Waals surface area contributed by atoms with Crippen LogP contribution < -0.4 is 0 Å². The van der Waals surface area contributed by atoms with Gasteiger partial charge < -0.3 is 14.6 Å². The Morgan fingerprint density at radius 2 is 2.04 bits per heavy atom. The van der Waals surface area contributed by atoms with Crippen LogP contribution in [0.25, 0.3) is 0 Å². The summed E-state index contributed by atoms with van der Waals surface area (Å²) >= 11 is 0. The number of carbonyl (C=O) groups is 2. The smallest absolute Gasteiger partial charge is 0.335 e. The van der Waals surface area contributed by atoms with E-state index in [2.05, 4.69) is 27.4 Å².